The number of hydrogen-bond donors (Lipinski definition) is 1. The van der Waals surface area contributed by atoms with Crippen LogP contribution >= 0.6 is 0 Å². The first-order valence-corrected chi connectivity index (χ1v) is 4.93. The van der Waals surface area contributed by atoms with Gasteiger partial charge >= 0.3 is 0 Å². The van der Waals surface area contributed by atoms with Crippen molar-refractivity contribution in [3.63, 3.8) is 0 Å². The summed E-state index contributed by atoms with van der Waals surface area (Å²) in [6.07, 6.45) is 7.69. The summed E-state index contributed by atoms with van der Waals surface area (Å²) < 4.78 is 0. The van der Waals surface area contributed by atoms with Crippen LogP contribution in [0.3, 0.4) is 0 Å². The number of aliphatic hydroxyl groups is 1. The first-order valence-electron chi connectivity index (χ1n) is 4.93. The summed E-state index contributed by atoms with van der Waals surface area (Å²) in [7, 11) is 0. The Bertz CT molecular complexity index is 134. The lowest BCUT2D eigenvalue weighted by atomic mass is 9.80. The van der Waals surface area contributed by atoms with E-state index in [1.807, 2.05) is 0 Å². The van der Waals surface area contributed by atoms with Gasteiger partial charge in [0.1, 0.15) is 6.29 Å². The van der Waals surface area contributed by atoms with Gasteiger partial charge in [0.25, 0.3) is 0 Å². The topological polar surface area (TPSA) is 37.3 Å². The molecule has 0 radical (unpaired) electrons. The zero-order chi connectivity index (χ0) is 8.81. The summed E-state index contributed by atoms with van der Waals surface area (Å²) in [5.74, 6) is 1.00. The lowest BCUT2D eigenvalue weighted by Crippen LogP contribution is -2.16. The van der Waals surface area contributed by atoms with Gasteiger partial charge in [-0.25, -0.2) is 0 Å². The summed E-state index contributed by atoms with van der Waals surface area (Å²) in [6, 6.07) is 0. The number of hydrogen-bond acceptors (Lipinski definition) is 2. The van der Waals surface area contributed by atoms with Crippen molar-refractivity contribution >= 4 is 6.29 Å². The van der Waals surface area contributed by atoms with Crippen molar-refractivity contribution in [3.8, 4) is 0 Å². The molecule has 2 unspecified atom stereocenters. The maximum absolute atomic E-state index is 10.5. The van der Waals surface area contributed by atoms with Gasteiger partial charge in [0.05, 0.1) is 0 Å². The van der Waals surface area contributed by atoms with Gasteiger partial charge in [0, 0.05) is 12.5 Å². The van der Waals surface area contributed by atoms with E-state index in [1.165, 1.54) is 12.8 Å². The highest BCUT2D eigenvalue weighted by Crippen LogP contribution is 2.30. The molecule has 1 aliphatic carbocycles. The maximum Gasteiger partial charge on any atom is 0.123 e. The Hall–Kier alpha value is -0.370. The smallest absolute Gasteiger partial charge is 0.123 e. The zero-order valence-electron chi connectivity index (χ0n) is 7.54. The molecule has 2 nitrogen and oxygen atoms in total. The van der Waals surface area contributed by atoms with E-state index >= 15 is 0 Å². The molecule has 0 aromatic rings. The number of carbonyl (C=O) groups is 1. The molecule has 1 rings (SSSR count). The summed E-state index contributed by atoms with van der Waals surface area (Å²) in [5.41, 5.74) is 0. The van der Waals surface area contributed by atoms with Crippen LogP contribution in [0.4, 0.5) is 0 Å². The predicted octanol–water partition coefficient (Wildman–Crippen LogP) is 1.76. The van der Waals surface area contributed by atoms with E-state index in [2.05, 4.69) is 0 Å². The molecule has 0 aliphatic heterocycles. The SMILES string of the molecule is O=CC1CCCC(CCCO)C1. The molecule has 1 saturated carbocycles. The molecule has 0 aromatic heterocycles. The summed E-state index contributed by atoms with van der Waals surface area (Å²) in [4.78, 5) is 10.5. The molecule has 1 aliphatic rings. The van der Waals surface area contributed by atoms with Crippen LogP contribution in [0.5, 0.6) is 0 Å². The number of rotatable bonds is 4. The molecule has 0 saturated heterocycles. The Morgan fingerprint density at radius 2 is 2.25 bits per heavy atom. The van der Waals surface area contributed by atoms with Gasteiger partial charge in [-0.3, -0.25) is 0 Å². The van der Waals surface area contributed by atoms with Gasteiger partial charge in [-0.2, -0.15) is 0 Å². The van der Waals surface area contributed by atoms with Crippen molar-refractivity contribution < 1.29 is 9.90 Å². The Kier molecular flexibility index (Phi) is 4.30. The Morgan fingerprint density at radius 1 is 1.42 bits per heavy atom. The van der Waals surface area contributed by atoms with Gasteiger partial charge in [-0.05, 0) is 31.6 Å². The van der Waals surface area contributed by atoms with E-state index in [0.29, 0.717) is 18.4 Å². The number of carbonyl (C=O) groups excluding carboxylic acids is 1. The van der Waals surface area contributed by atoms with Crippen LogP contribution in [-0.2, 0) is 4.79 Å². The second-order valence-electron chi connectivity index (χ2n) is 3.79. The quantitative estimate of drug-likeness (QED) is 0.653. The van der Waals surface area contributed by atoms with Gasteiger partial charge < -0.3 is 9.90 Å². The van der Waals surface area contributed by atoms with Gasteiger partial charge in [0.15, 0.2) is 0 Å². The molecule has 1 N–H and O–H groups in total. The van der Waals surface area contributed by atoms with E-state index in [1.54, 1.807) is 0 Å². The molecule has 0 amide bonds. The van der Waals surface area contributed by atoms with E-state index < -0.39 is 0 Å². The van der Waals surface area contributed by atoms with Gasteiger partial charge in [-0.15, -0.1) is 0 Å². The van der Waals surface area contributed by atoms with Crippen LogP contribution in [0, 0.1) is 11.8 Å². The van der Waals surface area contributed by atoms with Crippen molar-refractivity contribution in [2.45, 2.75) is 38.5 Å². The molecule has 2 heteroatoms. The van der Waals surface area contributed by atoms with Crippen molar-refractivity contribution in [1.29, 1.82) is 0 Å². The molecule has 1 fully saturated rings. The number of aliphatic hydroxyl groups excluding tert-OH is 1. The van der Waals surface area contributed by atoms with E-state index in [9.17, 15) is 4.79 Å². The first kappa shape index (κ1) is 9.72. The highest BCUT2D eigenvalue weighted by atomic mass is 16.2. The Balaban J connectivity index is 2.20. The van der Waals surface area contributed by atoms with Gasteiger partial charge in [-0.1, -0.05) is 12.8 Å². The van der Waals surface area contributed by atoms with Crippen LogP contribution in [0.1, 0.15) is 38.5 Å². The van der Waals surface area contributed by atoms with Crippen LogP contribution in [-0.4, -0.2) is 18.0 Å². The fraction of sp³-hybridized carbons (Fsp3) is 0.900. The third kappa shape index (κ3) is 2.94. The fourth-order valence-corrected chi connectivity index (χ4v) is 2.10. The second kappa shape index (κ2) is 5.31. The third-order valence-electron chi connectivity index (χ3n) is 2.79. The average molecular weight is 170 g/mol. The minimum atomic E-state index is 0.294. The molecular weight excluding hydrogens is 152 g/mol. The predicted molar refractivity (Wildman–Crippen MR) is 47.8 cm³/mol. The highest BCUT2D eigenvalue weighted by Gasteiger charge is 2.20. The Morgan fingerprint density at radius 3 is 2.92 bits per heavy atom. The van der Waals surface area contributed by atoms with Crippen molar-refractivity contribution in [1.82, 2.24) is 0 Å². The second-order valence-corrected chi connectivity index (χ2v) is 3.79. The third-order valence-corrected chi connectivity index (χ3v) is 2.79. The molecule has 0 bridgehead atoms. The monoisotopic (exact) mass is 170 g/mol. The van der Waals surface area contributed by atoms with Crippen molar-refractivity contribution in [3.05, 3.63) is 0 Å². The van der Waals surface area contributed by atoms with Crippen LogP contribution in [0.15, 0.2) is 0 Å². The van der Waals surface area contributed by atoms with Crippen molar-refractivity contribution in [2.24, 2.45) is 11.8 Å². The summed E-state index contributed by atoms with van der Waals surface area (Å²) >= 11 is 0. The van der Waals surface area contributed by atoms with E-state index in [4.69, 9.17) is 5.11 Å². The largest absolute Gasteiger partial charge is 0.396 e. The molecule has 12 heavy (non-hydrogen) atoms. The lowest BCUT2D eigenvalue weighted by Gasteiger charge is -2.25. The minimum Gasteiger partial charge on any atom is -0.396 e. The standard InChI is InChI=1S/C10H18O2/c11-6-2-5-9-3-1-4-10(7-9)8-12/h8-11H,1-7H2. The maximum atomic E-state index is 10.5. The molecular formula is C10H18O2. The first-order chi connectivity index (χ1) is 5.86. The minimum absolute atomic E-state index is 0.294. The average Bonchev–Trinajstić information content (AvgIpc) is 2.15. The molecule has 0 heterocycles. The Labute approximate surface area is 74.0 Å². The van der Waals surface area contributed by atoms with Crippen LogP contribution in [0.2, 0.25) is 0 Å². The number of aldehydes is 1. The zero-order valence-corrected chi connectivity index (χ0v) is 7.54. The van der Waals surface area contributed by atoms with Crippen LogP contribution < -0.4 is 0 Å². The van der Waals surface area contributed by atoms with E-state index in [-0.39, 0.29) is 0 Å². The summed E-state index contributed by atoms with van der Waals surface area (Å²) in [6.45, 7) is 0.294. The highest BCUT2D eigenvalue weighted by molar-refractivity contribution is 5.53. The van der Waals surface area contributed by atoms with Crippen LogP contribution in [0.25, 0.3) is 0 Å². The van der Waals surface area contributed by atoms with E-state index in [0.717, 1.165) is 32.0 Å². The molecule has 0 spiro atoms. The van der Waals surface area contributed by atoms with Gasteiger partial charge in [0.2, 0.25) is 0 Å². The molecule has 2 atom stereocenters. The summed E-state index contributed by atoms with van der Waals surface area (Å²) in [5, 5.41) is 8.65. The van der Waals surface area contributed by atoms with Crippen molar-refractivity contribution in [2.75, 3.05) is 6.61 Å². The fourth-order valence-electron chi connectivity index (χ4n) is 2.10. The normalized spacial score (nSPS) is 30.1. The molecule has 70 valence electrons. The lowest BCUT2D eigenvalue weighted by molar-refractivity contribution is -0.112. The molecule has 0 aromatic carbocycles.